The monoisotopic (exact) mass is 312 g/mol. The van der Waals surface area contributed by atoms with Crippen LogP contribution in [0.15, 0.2) is 18.2 Å². The standard InChI is InChI=1S/C14H20N2O4S/c1-10-5-3-4-8-16(10)11-6-7-12(14(17)18)13(9-11)15-21(2,19)20/h6-7,9-10,15H,3-5,8H2,1-2H3,(H,17,18). The molecule has 0 bridgehead atoms. The number of benzene rings is 1. The highest BCUT2D eigenvalue weighted by Crippen LogP contribution is 2.29. The molecule has 1 atom stereocenters. The van der Waals surface area contributed by atoms with Crippen molar-refractivity contribution in [3.05, 3.63) is 23.8 Å². The van der Waals surface area contributed by atoms with E-state index in [2.05, 4.69) is 16.5 Å². The molecule has 6 nitrogen and oxygen atoms in total. The van der Waals surface area contributed by atoms with Crippen LogP contribution < -0.4 is 9.62 Å². The number of hydrogen-bond acceptors (Lipinski definition) is 4. The zero-order valence-electron chi connectivity index (χ0n) is 12.2. The number of anilines is 2. The summed E-state index contributed by atoms with van der Waals surface area (Å²) in [4.78, 5) is 13.4. The summed E-state index contributed by atoms with van der Waals surface area (Å²) in [6.45, 7) is 3.01. The van der Waals surface area contributed by atoms with Gasteiger partial charge in [-0.2, -0.15) is 0 Å². The van der Waals surface area contributed by atoms with Gasteiger partial charge in [-0.3, -0.25) is 4.72 Å². The van der Waals surface area contributed by atoms with Crippen molar-refractivity contribution in [2.75, 3.05) is 22.4 Å². The summed E-state index contributed by atoms with van der Waals surface area (Å²) >= 11 is 0. The minimum Gasteiger partial charge on any atom is -0.478 e. The Kier molecular flexibility index (Phi) is 4.41. The predicted octanol–water partition coefficient (Wildman–Crippen LogP) is 2.14. The number of nitrogens with one attached hydrogen (secondary N) is 1. The lowest BCUT2D eigenvalue weighted by molar-refractivity contribution is 0.0698. The molecule has 1 aromatic carbocycles. The fourth-order valence-electron chi connectivity index (χ4n) is 2.66. The van der Waals surface area contributed by atoms with Crippen molar-refractivity contribution in [3.63, 3.8) is 0 Å². The third-order valence-corrected chi connectivity index (χ3v) is 4.25. The summed E-state index contributed by atoms with van der Waals surface area (Å²) < 4.78 is 25.1. The van der Waals surface area contributed by atoms with Gasteiger partial charge in [0.2, 0.25) is 10.0 Å². The van der Waals surface area contributed by atoms with E-state index >= 15 is 0 Å². The van der Waals surface area contributed by atoms with Crippen molar-refractivity contribution in [2.45, 2.75) is 32.2 Å². The Labute approximate surface area is 124 Å². The van der Waals surface area contributed by atoms with Crippen molar-refractivity contribution >= 4 is 27.4 Å². The molecule has 1 fully saturated rings. The molecule has 21 heavy (non-hydrogen) atoms. The van der Waals surface area contributed by atoms with Gasteiger partial charge in [0.25, 0.3) is 0 Å². The maximum atomic E-state index is 11.4. The largest absolute Gasteiger partial charge is 0.478 e. The van der Waals surface area contributed by atoms with Gasteiger partial charge in [-0.15, -0.1) is 0 Å². The molecule has 0 spiro atoms. The summed E-state index contributed by atoms with van der Waals surface area (Å²) in [5, 5.41) is 9.17. The zero-order chi connectivity index (χ0) is 15.6. The molecule has 2 rings (SSSR count). The van der Waals surface area contributed by atoms with Crippen molar-refractivity contribution in [2.24, 2.45) is 0 Å². The lowest BCUT2D eigenvalue weighted by Crippen LogP contribution is -2.37. The molecule has 1 saturated heterocycles. The summed E-state index contributed by atoms with van der Waals surface area (Å²) in [6, 6.07) is 5.15. The van der Waals surface area contributed by atoms with Gasteiger partial charge in [0.15, 0.2) is 0 Å². The second-order valence-corrected chi connectivity index (χ2v) is 7.20. The lowest BCUT2D eigenvalue weighted by Gasteiger charge is -2.35. The molecule has 1 aromatic rings. The van der Waals surface area contributed by atoms with E-state index in [9.17, 15) is 13.2 Å². The van der Waals surface area contributed by atoms with E-state index < -0.39 is 16.0 Å². The van der Waals surface area contributed by atoms with Crippen LogP contribution in [-0.4, -0.2) is 38.3 Å². The van der Waals surface area contributed by atoms with Crippen LogP contribution in [0, 0.1) is 0 Å². The van der Waals surface area contributed by atoms with Crippen LogP contribution in [0.4, 0.5) is 11.4 Å². The van der Waals surface area contributed by atoms with Gasteiger partial charge in [-0.25, -0.2) is 13.2 Å². The van der Waals surface area contributed by atoms with Crippen molar-refractivity contribution in [3.8, 4) is 0 Å². The quantitative estimate of drug-likeness (QED) is 0.889. The number of carboxylic acids is 1. The first-order chi connectivity index (χ1) is 9.78. The Hall–Kier alpha value is -1.76. The number of carboxylic acid groups (broad SMARTS) is 1. The molecule has 116 valence electrons. The maximum absolute atomic E-state index is 11.4. The van der Waals surface area contributed by atoms with Crippen molar-refractivity contribution in [1.82, 2.24) is 0 Å². The molecule has 0 radical (unpaired) electrons. The molecule has 0 aromatic heterocycles. The van der Waals surface area contributed by atoms with Crippen molar-refractivity contribution in [1.29, 1.82) is 0 Å². The number of aromatic carboxylic acids is 1. The predicted molar refractivity (Wildman–Crippen MR) is 82.5 cm³/mol. The van der Waals surface area contributed by atoms with Crippen LogP contribution in [0.1, 0.15) is 36.5 Å². The minimum atomic E-state index is -3.53. The normalized spacial score (nSPS) is 19.3. The Morgan fingerprint density at radius 1 is 1.38 bits per heavy atom. The van der Waals surface area contributed by atoms with E-state index in [0.717, 1.165) is 31.3 Å². The summed E-state index contributed by atoms with van der Waals surface area (Å²) in [6.07, 6.45) is 4.35. The molecule has 1 unspecified atom stereocenters. The SMILES string of the molecule is CC1CCCCN1c1ccc(C(=O)O)c(NS(C)(=O)=O)c1. The molecular weight excluding hydrogens is 292 g/mol. The van der Waals surface area contributed by atoms with E-state index in [4.69, 9.17) is 5.11 Å². The molecule has 0 aliphatic carbocycles. The smallest absolute Gasteiger partial charge is 0.337 e. The second-order valence-electron chi connectivity index (χ2n) is 5.45. The van der Waals surface area contributed by atoms with Gasteiger partial charge >= 0.3 is 5.97 Å². The van der Waals surface area contributed by atoms with Gasteiger partial charge < -0.3 is 10.0 Å². The van der Waals surface area contributed by atoms with E-state index in [0.29, 0.717) is 6.04 Å². The third kappa shape index (κ3) is 3.87. The van der Waals surface area contributed by atoms with Gasteiger partial charge in [-0.05, 0) is 44.4 Å². The first-order valence-electron chi connectivity index (χ1n) is 6.90. The van der Waals surface area contributed by atoms with Crippen LogP contribution >= 0.6 is 0 Å². The fraction of sp³-hybridized carbons (Fsp3) is 0.500. The topological polar surface area (TPSA) is 86.7 Å². The Bertz CT molecular complexity index is 642. The lowest BCUT2D eigenvalue weighted by atomic mass is 10.0. The van der Waals surface area contributed by atoms with Crippen LogP contribution in [0.5, 0.6) is 0 Å². The first kappa shape index (κ1) is 15.6. The summed E-state index contributed by atoms with van der Waals surface area (Å²) in [5.74, 6) is -1.15. The number of piperidine rings is 1. The Morgan fingerprint density at radius 2 is 2.10 bits per heavy atom. The molecule has 1 aliphatic rings. The first-order valence-corrected chi connectivity index (χ1v) is 8.79. The molecular formula is C14H20N2O4S. The van der Waals surface area contributed by atoms with Crippen LogP contribution in [0.25, 0.3) is 0 Å². The zero-order valence-corrected chi connectivity index (χ0v) is 13.0. The second kappa shape index (κ2) is 5.93. The minimum absolute atomic E-state index is 0.0474. The molecule has 1 heterocycles. The molecule has 1 aliphatic heterocycles. The highest BCUT2D eigenvalue weighted by Gasteiger charge is 2.21. The number of carbonyl (C=O) groups is 1. The highest BCUT2D eigenvalue weighted by atomic mass is 32.2. The number of hydrogen-bond donors (Lipinski definition) is 2. The van der Waals surface area contributed by atoms with E-state index in [1.165, 1.54) is 12.5 Å². The molecule has 0 saturated carbocycles. The summed E-state index contributed by atoms with van der Waals surface area (Å²) in [5.41, 5.74) is 0.910. The van der Waals surface area contributed by atoms with Crippen LogP contribution in [-0.2, 0) is 10.0 Å². The van der Waals surface area contributed by atoms with Crippen LogP contribution in [0.3, 0.4) is 0 Å². The fourth-order valence-corrected chi connectivity index (χ4v) is 3.23. The van der Waals surface area contributed by atoms with Gasteiger partial charge in [0.05, 0.1) is 17.5 Å². The van der Waals surface area contributed by atoms with Crippen molar-refractivity contribution < 1.29 is 18.3 Å². The highest BCUT2D eigenvalue weighted by molar-refractivity contribution is 7.92. The average molecular weight is 312 g/mol. The summed E-state index contributed by atoms with van der Waals surface area (Å²) in [7, 11) is -3.53. The molecule has 2 N–H and O–H groups in total. The van der Waals surface area contributed by atoms with Gasteiger partial charge in [-0.1, -0.05) is 0 Å². The van der Waals surface area contributed by atoms with Gasteiger partial charge in [0, 0.05) is 18.3 Å². The molecule has 7 heteroatoms. The number of nitrogens with zero attached hydrogens (tertiary/aromatic N) is 1. The Balaban J connectivity index is 2.40. The van der Waals surface area contributed by atoms with Crippen LogP contribution in [0.2, 0.25) is 0 Å². The van der Waals surface area contributed by atoms with E-state index in [1.807, 2.05) is 0 Å². The Morgan fingerprint density at radius 3 is 2.67 bits per heavy atom. The van der Waals surface area contributed by atoms with E-state index in [1.54, 1.807) is 12.1 Å². The van der Waals surface area contributed by atoms with E-state index in [-0.39, 0.29) is 11.3 Å². The van der Waals surface area contributed by atoms with Gasteiger partial charge in [0.1, 0.15) is 0 Å². The number of sulfonamides is 1. The maximum Gasteiger partial charge on any atom is 0.337 e. The third-order valence-electron chi connectivity index (χ3n) is 3.66. The molecule has 0 amide bonds. The number of rotatable bonds is 4. The average Bonchev–Trinajstić information content (AvgIpc) is 2.37.